The van der Waals surface area contributed by atoms with Crippen LogP contribution in [0, 0.1) is 17.8 Å². The van der Waals surface area contributed by atoms with Crippen molar-refractivity contribution in [2.75, 3.05) is 6.61 Å². The first kappa shape index (κ1) is 15.7. The number of aliphatic hydroxyl groups excluding tert-OH is 2. The third-order valence-corrected chi connectivity index (χ3v) is 3.33. The molecule has 16 heavy (non-hydrogen) atoms. The molecule has 0 heterocycles. The standard InChI is InChI=1S/C14H28O2/c1-10(2)12(5)8-14(16)9-13(6-7-15)11(3)4/h10-11,13-16H,5-9H2,1-4H3/t13-,14-/m1/s1. The molecular weight excluding hydrogens is 200 g/mol. The van der Waals surface area contributed by atoms with Gasteiger partial charge in [-0.25, -0.2) is 0 Å². The van der Waals surface area contributed by atoms with Gasteiger partial charge in [0.1, 0.15) is 0 Å². The van der Waals surface area contributed by atoms with Crippen LogP contribution in [-0.4, -0.2) is 22.9 Å². The van der Waals surface area contributed by atoms with Crippen LogP contribution in [0.1, 0.15) is 47.0 Å². The van der Waals surface area contributed by atoms with Gasteiger partial charge in [-0.15, -0.1) is 0 Å². The Bertz CT molecular complexity index is 197. The molecule has 0 aromatic heterocycles. The molecule has 96 valence electrons. The predicted molar refractivity (Wildman–Crippen MR) is 69.2 cm³/mol. The lowest BCUT2D eigenvalue weighted by molar-refractivity contribution is 0.114. The molecule has 0 fully saturated rings. The zero-order chi connectivity index (χ0) is 12.7. The Balaban J connectivity index is 4.09. The molecule has 2 heteroatoms. The van der Waals surface area contributed by atoms with Gasteiger partial charge in [0, 0.05) is 6.61 Å². The molecule has 0 aliphatic heterocycles. The van der Waals surface area contributed by atoms with E-state index < -0.39 is 0 Å². The highest BCUT2D eigenvalue weighted by Crippen LogP contribution is 2.24. The Hall–Kier alpha value is -0.340. The molecule has 2 N–H and O–H groups in total. The molecule has 0 aliphatic rings. The molecule has 0 aromatic rings. The lowest BCUT2D eigenvalue weighted by Crippen LogP contribution is -2.20. The molecule has 0 aliphatic carbocycles. The maximum atomic E-state index is 9.97. The minimum Gasteiger partial charge on any atom is -0.396 e. The number of rotatable bonds is 8. The number of hydrogen-bond donors (Lipinski definition) is 2. The van der Waals surface area contributed by atoms with Crippen LogP contribution in [0.15, 0.2) is 12.2 Å². The van der Waals surface area contributed by atoms with Crippen molar-refractivity contribution < 1.29 is 10.2 Å². The van der Waals surface area contributed by atoms with Gasteiger partial charge in [0.2, 0.25) is 0 Å². The molecule has 0 aromatic carbocycles. The zero-order valence-electron chi connectivity index (χ0n) is 11.2. The lowest BCUT2D eigenvalue weighted by Gasteiger charge is -2.24. The van der Waals surface area contributed by atoms with Crippen molar-refractivity contribution in [3.05, 3.63) is 12.2 Å². The van der Waals surface area contributed by atoms with E-state index in [0.717, 1.165) is 18.4 Å². The van der Waals surface area contributed by atoms with Crippen molar-refractivity contribution in [1.29, 1.82) is 0 Å². The summed E-state index contributed by atoms with van der Waals surface area (Å²) in [6.45, 7) is 12.7. The summed E-state index contributed by atoms with van der Waals surface area (Å²) in [6, 6.07) is 0. The SMILES string of the molecule is C=C(C[C@@H](O)C[C@@H](CCO)C(C)C)C(C)C. The van der Waals surface area contributed by atoms with E-state index in [1.54, 1.807) is 0 Å². The molecule has 2 nitrogen and oxygen atoms in total. The van der Waals surface area contributed by atoms with E-state index in [0.29, 0.717) is 24.2 Å². The molecule has 0 saturated heterocycles. The normalized spacial score (nSPS) is 15.5. The van der Waals surface area contributed by atoms with E-state index in [1.807, 2.05) is 0 Å². The molecule has 0 radical (unpaired) electrons. The summed E-state index contributed by atoms with van der Waals surface area (Å²) in [7, 11) is 0. The van der Waals surface area contributed by atoms with Crippen molar-refractivity contribution in [2.45, 2.75) is 53.1 Å². The van der Waals surface area contributed by atoms with E-state index in [2.05, 4.69) is 34.3 Å². The average molecular weight is 228 g/mol. The highest BCUT2D eigenvalue weighted by molar-refractivity contribution is 4.99. The Morgan fingerprint density at radius 3 is 2.12 bits per heavy atom. The first-order valence-corrected chi connectivity index (χ1v) is 6.35. The molecule has 0 rings (SSSR count). The van der Waals surface area contributed by atoms with Crippen LogP contribution < -0.4 is 0 Å². The van der Waals surface area contributed by atoms with Crippen LogP contribution in [0.2, 0.25) is 0 Å². The smallest absolute Gasteiger partial charge is 0.0580 e. The van der Waals surface area contributed by atoms with Crippen molar-refractivity contribution in [1.82, 2.24) is 0 Å². The first-order chi connectivity index (χ1) is 7.38. The van der Waals surface area contributed by atoms with Gasteiger partial charge in [0.15, 0.2) is 0 Å². The van der Waals surface area contributed by atoms with Gasteiger partial charge in [-0.3, -0.25) is 0 Å². The molecule has 0 unspecified atom stereocenters. The summed E-state index contributed by atoms with van der Waals surface area (Å²) >= 11 is 0. The average Bonchev–Trinajstić information content (AvgIpc) is 2.16. The van der Waals surface area contributed by atoms with Gasteiger partial charge < -0.3 is 10.2 Å². The third-order valence-electron chi connectivity index (χ3n) is 3.33. The second kappa shape index (κ2) is 7.86. The van der Waals surface area contributed by atoms with Crippen molar-refractivity contribution in [3.8, 4) is 0 Å². The summed E-state index contributed by atoms with van der Waals surface area (Å²) in [5.74, 6) is 1.35. The zero-order valence-corrected chi connectivity index (χ0v) is 11.2. The van der Waals surface area contributed by atoms with Gasteiger partial charge in [-0.1, -0.05) is 39.8 Å². The number of hydrogen-bond acceptors (Lipinski definition) is 2. The Labute approximate surface area is 100 Å². The molecular formula is C14H28O2. The van der Waals surface area contributed by atoms with E-state index >= 15 is 0 Å². The highest BCUT2D eigenvalue weighted by Gasteiger charge is 2.18. The Morgan fingerprint density at radius 1 is 1.19 bits per heavy atom. The summed E-state index contributed by atoms with van der Waals surface area (Å²) < 4.78 is 0. The van der Waals surface area contributed by atoms with Crippen molar-refractivity contribution in [2.24, 2.45) is 17.8 Å². The molecule has 0 amide bonds. The lowest BCUT2D eigenvalue weighted by atomic mass is 9.85. The van der Waals surface area contributed by atoms with Gasteiger partial charge in [-0.2, -0.15) is 0 Å². The van der Waals surface area contributed by atoms with Crippen LogP contribution in [0.25, 0.3) is 0 Å². The molecule has 0 spiro atoms. The second-order valence-corrected chi connectivity index (χ2v) is 5.42. The van der Waals surface area contributed by atoms with Crippen molar-refractivity contribution >= 4 is 0 Å². The fourth-order valence-electron chi connectivity index (χ4n) is 1.86. The van der Waals surface area contributed by atoms with Gasteiger partial charge in [0.25, 0.3) is 0 Å². The van der Waals surface area contributed by atoms with E-state index in [4.69, 9.17) is 5.11 Å². The third kappa shape index (κ3) is 6.29. The van der Waals surface area contributed by atoms with Crippen LogP contribution in [0.5, 0.6) is 0 Å². The van der Waals surface area contributed by atoms with Gasteiger partial charge >= 0.3 is 0 Å². The molecule has 2 atom stereocenters. The summed E-state index contributed by atoms with van der Waals surface area (Å²) in [5, 5.41) is 18.9. The van der Waals surface area contributed by atoms with Gasteiger partial charge in [0.05, 0.1) is 6.10 Å². The summed E-state index contributed by atoms with van der Waals surface area (Å²) in [4.78, 5) is 0. The van der Waals surface area contributed by atoms with Crippen LogP contribution in [0.4, 0.5) is 0 Å². The summed E-state index contributed by atoms with van der Waals surface area (Å²) in [5.41, 5.74) is 1.11. The van der Waals surface area contributed by atoms with Crippen LogP contribution >= 0.6 is 0 Å². The maximum Gasteiger partial charge on any atom is 0.0580 e. The van der Waals surface area contributed by atoms with Gasteiger partial charge in [-0.05, 0) is 37.0 Å². The van der Waals surface area contributed by atoms with Crippen molar-refractivity contribution in [3.63, 3.8) is 0 Å². The fraction of sp³-hybridized carbons (Fsp3) is 0.857. The van der Waals surface area contributed by atoms with Crippen LogP contribution in [-0.2, 0) is 0 Å². The predicted octanol–water partition coefficient (Wildman–Crippen LogP) is 2.99. The second-order valence-electron chi connectivity index (χ2n) is 5.42. The van der Waals surface area contributed by atoms with E-state index in [1.165, 1.54) is 0 Å². The largest absolute Gasteiger partial charge is 0.396 e. The van der Waals surface area contributed by atoms with Crippen LogP contribution in [0.3, 0.4) is 0 Å². The number of aliphatic hydroxyl groups is 2. The minimum atomic E-state index is -0.311. The molecule has 0 saturated carbocycles. The Morgan fingerprint density at radius 2 is 1.75 bits per heavy atom. The van der Waals surface area contributed by atoms with E-state index in [9.17, 15) is 5.11 Å². The highest BCUT2D eigenvalue weighted by atomic mass is 16.3. The topological polar surface area (TPSA) is 40.5 Å². The fourth-order valence-corrected chi connectivity index (χ4v) is 1.86. The van der Waals surface area contributed by atoms with E-state index in [-0.39, 0.29) is 12.7 Å². The maximum absolute atomic E-state index is 9.97. The summed E-state index contributed by atoms with van der Waals surface area (Å²) in [6.07, 6.45) is 1.92. The monoisotopic (exact) mass is 228 g/mol. The first-order valence-electron chi connectivity index (χ1n) is 6.35. The Kier molecular flexibility index (Phi) is 7.69. The quantitative estimate of drug-likeness (QED) is 0.627. The minimum absolute atomic E-state index is 0.209. The molecule has 0 bridgehead atoms.